The van der Waals surface area contributed by atoms with E-state index >= 15 is 0 Å². The molecule has 0 aromatic heterocycles. The maximum absolute atomic E-state index is 14.4. The van der Waals surface area contributed by atoms with Crippen LogP contribution in [0.3, 0.4) is 0 Å². The van der Waals surface area contributed by atoms with E-state index in [0.29, 0.717) is 19.3 Å². The predicted octanol–water partition coefficient (Wildman–Crippen LogP) is -4.31. The Balaban J connectivity index is 6.95. The zero-order valence-corrected chi connectivity index (χ0v) is 44.4. The van der Waals surface area contributed by atoms with Gasteiger partial charge in [-0.15, -0.1) is 0 Å². The third-order valence-corrected chi connectivity index (χ3v) is 11.1. The van der Waals surface area contributed by atoms with Crippen molar-refractivity contribution in [2.75, 3.05) is 26.2 Å². The van der Waals surface area contributed by atoms with Crippen molar-refractivity contribution in [3.8, 4) is 0 Å². The van der Waals surface area contributed by atoms with Crippen LogP contribution in [0.15, 0.2) is 15.0 Å². The van der Waals surface area contributed by atoms with Gasteiger partial charge >= 0.3 is 11.9 Å². The number of carboxylic acids is 2. The summed E-state index contributed by atoms with van der Waals surface area (Å²) in [6.07, 6.45) is 0.716. The fraction of sp³-hybridized carbons (Fsp3) is 0.739. The van der Waals surface area contributed by atoms with E-state index in [1.807, 2.05) is 13.8 Å². The number of hydrogen-bond acceptors (Lipinski definition) is 14. The van der Waals surface area contributed by atoms with Crippen molar-refractivity contribution >= 4 is 71.2 Å². The summed E-state index contributed by atoms with van der Waals surface area (Å²) in [6.45, 7) is 11.3. The van der Waals surface area contributed by atoms with Gasteiger partial charge in [0.2, 0.25) is 41.4 Å². The second kappa shape index (κ2) is 36.8. The number of aliphatic carboxylic acids is 2. The largest absolute Gasteiger partial charge is 0.481 e. The molecule has 29 nitrogen and oxygen atoms in total. The molecule has 0 unspecified atom stereocenters. The molecule has 0 aliphatic rings. The van der Waals surface area contributed by atoms with Crippen molar-refractivity contribution in [3.05, 3.63) is 0 Å². The molecule has 0 radical (unpaired) electrons. The number of nitrogens with two attached hydrogens (primary N) is 8. The van der Waals surface area contributed by atoms with E-state index in [2.05, 4.69) is 52.2 Å². The molecule has 25 N–H and O–H groups in total. The molecule has 29 heteroatoms. The normalized spacial score (nSPS) is 14.3. The van der Waals surface area contributed by atoms with Gasteiger partial charge in [0.05, 0.1) is 12.5 Å². The average Bonchev–Trinajstić information content (AvgIpc) is 3.29. The van der Waals surface area contributed by atoms with Crippen molar-refractivity contribution in [3.63, 3.8) is 0 Å². The Labute approximate surface area is 438 Å². The third-order valence-electron chi connectivity index (χ3n) is 11.1. The van der Waals surface area contributed by atoms with Gasteiger partial charge < -0.3 is 93.3 Å². The first-order chi connectivity index (χ1) is 35.1. The minimum Gasteiger partial charge on any atom is -0.481 e. The molecule has 0 aliphatic heterocycles. The van der Waals surface area contributed by atoms with Crippen molar-refractivity contribution in [1.29, 1.82) is 0 Å². The molecule has 7 amide bonds. The lowest BCUT2D eigenvalue weighted by Gasteiger charge is -2.29. The predicted molar refractivity (Wildman–Crippen MR) is 282 cm³/mol. The highest BCUT2D eigenvalue weighted by atomic mass is 16.4. The molecule has 75 heavy (non-hydrogen) atoms. The fourth-order valence-electron chi connectivity index (χ4n) is 7.39. The summed E-state index contributed by atoms with van der Waals surface area (Å²) in [7, 11) is 0. The molecular weight excluding hydrogens is 981 g/mol. The van der Waals surface area contributed by atoms with E-state index in [9.17, 15) is 53.4 Å². The number of rotatable bonds is 39. The SMILES string of the molecule is CC(C)C[C@H](NC(=O)[C@H](CC(C)C)NC(=O)[C@H](CCCN=C(N)N)NC(=O)[C@H](CCCCN)NC(=O)[C@H](CCCN=C(N)N)NC(=O)[C@@H](N)CC(C)C)C(=O)N[C@@H](CCCN=C(N)N)C(=O)N[C@@H](CC(=O)O)C(=O)O. The first kappa shape index (κ1) is 68.0. The lowest BCUT2D eigenvalue weighted by atomic mass is 9.99. The first-order valence-corrected chi connectivity index (χ1v) is 25.3. The molecule has 0 heterocycles. The van der Waals surface area contributed by atoms with E-state index in [1.165, 1.54) is 0 Å². The number of carbonyl (C=O) groups excluding carboxylic acids is 7. The molecule has 0 saturated heterocycles. The Hall–Kier alpha value is -7.04. The number of aliphatic imine (C=N–C) groups is 3. The van der Waals surface area contributed by atoms with E-state index in [4.69, 9.17) is 45.9 Å². The van der Waals surface area contributed by atoms with Gasteiger partial charge in [0.15, 0.2) is 17.9 Å². The number of carbonyl (C=O) groups is 9. The van der Waals surface area contributed by atoms with Gasteiger partial charge in [-0.3, -0.25) is 53.3 Å². The summed E-state index contributed by atoms with van der Waals surface area (Å²) < 4.78 is 0. The van der Waals surface area contributed by atoms with Crippen molar-refractivity contribution in [1.82, 2.24) is 37.2 Å². The first-order valence-electron chi connectivity index (χ1n) is 25.3. The number of hydrogen-bond donors (Lipinski definition) is 17. The lowest BCUT2D eigenvalue weighted by molar-refractivity contribution is -0.147. The van der Waals surface area contributed by atoms with Crippen molar-refractivity contribution in [2.45, 2.75) is 173 Å². The Bertz CT molecular complexity index is 1940. The zero-order valence-electron chi connectivity index (χ0n) is 44.4. The molecule has 0 aromatic carbocycles. The van der Waals surface area contributed by atoms with Crippen LogP contribution in [0.5, 0.6) is 0 Å². The smallest absolute Gasteiger partial charge is 0.326 e. The summed E-state index contributed by atoms with van der Waals surface area (Å²) >= 11 is 0. The summed E-state index contributed by atoms with van der Waals surface area (Å²) in [5, 5.41) is 37.0. The molecule has 0 spiro atoms. The van der Waals surface area contributed by atoms with E-state index < -0.39 is 108 Å². The second-order valence-electron chi connectivity index (χ2n) is 19.5. The van der Waals surface area contributed by atoms with Crippen LogP contribution in [-0.2, 0) is 43.2 Å². The molecule has 428 valence electrons. The van der Waals surface area contributed by atoms with Crippen LogP contribution < -0.4 is 83.1 Å². The second-order valence-corrected chi connectivity index (χ2v) is 19.5. The topological polar surface area (TPSA) is 524 Å². The fourth-order valence-corrected chi connectivity index (χ4v) is 7.39. The van der Waals surface area contributed by atoms with Crippen molar-refractivity contribution < 1.29 is 53.4 Å². The van der Waals surface area contributed by atoms with Gasteiger partial charge in [0, 0.05) is 19.6 Å². The van der Waals surface area contributed by atoms with Gasteiger partial charge in [-0.1, -0.05) is 41.5 Å². The highest BCUT2D eigenvalue weighted by molar-refractivity contribution is 5.98. The van der Waals surface area contributed by atoms with Gasteiger partial charge in [-0.2, -0.15) is 0 Å². The molecule has 0 bridgehead atoms. The molecule has 0 fully saturated rings. The Morgan fingerprint density at radius 3 is 0.960 bits per heavy atom. The quantitative estimate of drug-likeness (QED) is 0.0157. The number of carboxylic acid groups (broad SMARTS) is 2. The summed E-state index contributed by atoms with van der Waals surface area (Å²) in [4.78, 5) is 132. The molecule has 0 saturated carbocycles. The standard InChI is InChI=1S/C46H88N18O11/c1-24(2)20-27(48)36(67)58-29(13-9-17-55-44(49)50)38(69)59-28(12-7-8-16-47)37(68)60-30(14-10-18-56-45(51)52)39(70)62-33(22-26(5)6)42(73)63-32(21-25(3)4)41(72)61-31(15-11-19-57-46(53)54)40(71)64-34(43(74)75)23-35(65)66/h24-34H,7-23,47-48H2,1-6H3,(H,58,67)(H,59,69)(H,60,68)(H,61,72)(H,62,70)(H,63,73)(H,64,71)(H,65,66)(H,74,75)(H4,49,50,55)(H4,51,52,56)(H4,53,54,57)/t27-,28-,29-,30-,31-,32-,33-,34-/m0/s1. The lowest BCUT2D eigenvalue weighted by Crippen LogP contribution is -2.60. The van der Waals surface area contributed by atoms with E-state index in [-0.39, 0.29) is 120 Å². The van der Waals surface area contributed by atoms with Crippen LogP contribution in [0.25, 0.3) is 0 Å². The number of unbranched alkanes of at least 4 members (excludes halogenated alkanes) is 1. The van der Waals surface area contributed by atoms with Gasteiger partial charge in [0.25, 0.3) is 0 Å². The Kier molecular flexibility index (Phi) is 33.4. The van der Waals surface area contributed by atoms with Gasteiger partial charge in [0.1, 0.15) is 42.3 Å². The van der Waals surface area contributed by atoms with Crippen LogP contribution in [-0.4, -0.2) is 156 Å². The zero-order chi connectivity index (χ0) is 57.4. The van der Waals surface area contributed by atoms with Gasteiger partial charge in [-0.25, -0.2) is 4.79 Å². The molecule has 0 rings (SSSR count). The number of guanidine groups is 3. The third kappa shape index (κ3) is 31.3. The van der Waals surface area contributed by atoms with Crippen LogP contribution in [0.2, 0.25) is 0 Å². The maximum Gasteiger partial charge on any atom is 0.326 e. The molecular formula is C46H88N18O11. The molecule has 0 aliphatic carbocycles. The Morgan fingerprint density at radius 1 is 0.400 bits per heavy atom. The minimum absolute atomic E-state index is 0.0126. The summed E-state index contributed by atoms with van der Waals surface area (Å²) in [5.74, 6) is -9.76. The molecule has 0 aromatic rings. The summed E-state index contributed by atoms with van der Waals surface area (Å²) in [6, 6.07) is -10.6. The van der Waals surface area contributed by atoms with Crippen LogP contribution in [0.4, 0.5) is 0 Å². The molecule has 8 atom stereocenters. The number of nitrogens with one attached hydrogen (secondary N) is 7. The Morgan fingerprint density at radius 2 is 0.680 bits per heavy atom. The van der Waals surface area contributed by atoms with E-state index in [0.717, 1.165) is 0 Å². The maximum atomic E-state index is 14.4. The highest BCUT2D eigenvalue weighted by Crippen LogP contribution is 2.13. The van der Waals surface area contributed by atoms with Crippen LogP contribution in [0, 0.1) is 17.8 Å². The highest BCUT2D eigenvalue weighted by Gasteiger charge is 2.35. The van der Waals surface area contributed by atoms with Crippen molar-refractivity contribution in [2.24, 2.45) is 78.6 Å². The number of nitrogens with zero attached hydrogens (tertiary/aromatic N) is 3. The van der Waals surface area contributed by atoms with E-state index in [1.54, 1.807) is 27.7 Å². The summed E-state index contributed by atoms with van der Waals surface area (Å²) in [5.41, 5.74) is 44.7. The van der Waals surface area contributed by atoms with Gasteiger partial charge in [-0.05, 0) is 101 Å². The number of amides is 7. The van der Waals surface area contributed by atoms with Crippen LogP contribution in [0.1, 0.15) is 125 Å². The monoisotopic (exact) mass is 1070 g/mol. The average molecular weight is 1070 g/mol. The minimum atomic E-state index is -1.84. The van der Waals surface area contributed by atoms with Crippen LogP contribution >= 0.6 is 0 Å².